The van der Waals surface area contributed by atoms with Crippen LogP contribution in [-0.4, -0.2) is 50.3 Å². The Morgan fingerprint density at radius 2 is 1.93 bits per heavy atom. The van der Waals surface area contributed by atoms with E-state index < -0.39 is 0 Å². The van der Waals surface area contributed by atoms with Crippen molar-refractivity contribution in [2.45, 2.75) is 19.0 Å². The molecule has 2 N–H and O–H groups in total. The van der Waals surface area contributed by atoms with Crippen LogP contribution < -0.4 is 20.3 Å². The first-order chi connectivity index (χ1) is 14.6. The van der Waals surface area contributed by atoms with E-state index in [4.69, 9.17) is 26.1 Å². The van der Waals surface area contributed by atoms with E-state index in [1.807, 2.05) is 36.4 Å². The molecule has 158 valence electrons. The summed E-state index contributed by atoms with van der Waals surface area (Å²) in [5.74, 6) is 1.36. The second kappa shape index (κ2) is 9.18. The number of nitrogens with one attached hydrogen (secondary N) is 2. The summed E-state index contributed by atoms with van der Waals surface area (Å²) in [5.41, 5.74) is 10.5. The SMILES string of the molecule is COc1cc2cc(CN(C)CC3CCNN3)c(-c3cccc(Cl)c3)nc2cc1OC. The smallest absolute Gasteiger partial charge is 0.162 e. The Bertz CT molecular complexity index is 1040. The van der Waals surface area contributed by atoms with Crippen LogP contribution in [0.5, 0.6) is 11.5 Å². The maximum absolute atomic E-state index is 6.28. The number of hydrogen-bond donors (Lipinski definition) is 2. The predicted molar refractivity (Wildman–Crippen MR) is 121 cm³/mol. The minimum absolute atomic E-state index is 0.447. The molecule has 1 saturated heterocycles. The van der Waals surface area contributed by atoms with Gasteiger partial charge in [-0.3, -0.25) is 10.9 Å². The van der Waals surface area contributed by atoms with Crippen molar-refractivity contribution >= 4 is 22.5 Å². The monoisotopic (exact) mass is 426 g/mol. The van der Waals surface area contributed by atoms with Crippen LogP contribution in [0, 0.1) is 0 Å². The number of halogens is 1. The lowest BCUT2D eigenvalue weighted by molar-refractivity contribution is 0.289. The van der Waals surface area contributed by atoms with Gasteiger partial charge in [-0.15, -0.1) is 0 Å². The third kappa shape index (κ3) is 4.52. The van der Waals surface area contributed by atoms with E-state index in [-0.39, 0.29) is 0 Å². The van der Waals surface area contributed by atoms with Crippen LogP contribution in [0.2, 0.25) is 5.02 Å². The van der Waals surface area contributed by atoms with E-state index in [1.54, 1.807) is 14.2 Å². The molecule has 7 heteroatoms. The van der Waals surface area contributed by atoms with Gasteiger partial charge in [0.1, 0.15) is 0 Å². The molecule has 30 heavy (non-hydrogen) atoms. The number of aromatic nitrogens is 1. The molecule has 1 unspecified atom stereocenters. The summed E-state index contributed by atoms with van der Waals surface area (Å²) in [7, 11) is 5.42. The number of fused-ring (bicyclic) bond motifs is 1. The minimum Gasteiger partial charge on any atom is -0.493 e. The lowest BCUT2D eigenvalue weighted by Gasteiger charge is -2.22. The Morgan fingerprint density at radius 1 is 1.13 bits per heavy atom. The first-order valence-corrected chi connectivity index (χ1v) is 10.4. The zero-order valence-corrected chi connectivity index (χ0v) is 18.3. The van der Waals surface area contributed by atoms with Gasteiger partial charge in [0, 0.05) is 47.7 Å². The molecule has 0 amide bonds. The maximum atomic E-state index is 6.28. The van der Waals surface area contributed by atoms with E-state index in [0.29, 0.717) is 22.6 Å². The summed E-state index contributed by atoms with van der Waals surface area (Å²) in [6.07, 6.45) is 1.12. The molecule has 3 aromatic rings. The summed E-state index contributed by atoms with van der Waals surface area (Å²) in [5, 5.41) is 1.71. The highest BCUT2D eigenvalue weighted by Gasteiger charge is 2.18. The average molecular weight is 427 g/mol. The average Bonchev–Trinajstić information content (AvgIpc) is 3.25. The van der Waals surface area contributed by atoms with Gasteiger partial charge in [0.2, 0.25) is 0 Å². The van der Waals surface area contributed by atoms with Crippen LogP contribution in [-0.2, 0) is 6.54 Å². The highest BCUT2D eigenvalue weighted by atomic mass is 35.5. The fourth-order valence-electron chi connectivity index (χ4n) is 3.95. The van der Waals surface area contributed by atoms with Crippen molar-refractivity contribution in [2.24, 2.45) is 0 Å². The number of ether oxygens (including phenoxy) is 2. The lowest BCUT2D eigenvalue weighted by atomic mass is 10.0. The van der Waals surface area contributed by atoms with Crippen molar-refractivity contribution in [3.8, 4) is 22.8 Å². The summed E-state index contributed by atoms with van der Waals surface area (Å²) >= 11 is 6.28. The maximum Gasteiger partial charge on any atom is 0.162 e. The molecule has 6 nitrogen and oxygen atoms in total. The van der Waals surface area contributed by atoms with Gasteiger partial charge in [0.05, 0.1) is 25.4 Å². The Balaban J connectivity index is 1.77. The Kier molecular flexibility index (Phi) is 6.39. The van der Waals surface area contributed by atoms with Gasteiger partial charge < -0.3 is 14.4 Å². The summed E-state index contributed by atoms with van der Waals surface area (Å²) < 4.78 is 11.0. The molecule has 2 heterocycles. The number of benzene rings is 2. The highest BCUT2D eigenvalue weighted by Crippen LogP contribution is 2.35. The molecular formula is C23H27ClN4O2. The Labute approximate surface area is 182 Å². The van der Waals surface area contributed by atoms with Crippen molar-refractivity contribution < 1.29 is 9.47 Å². The molecule has 0 radical (unpaired) electrons. The number of rotatable bonds is 7. The third-order valence-corrected chi connectivity index (χ3v) is 5.63. The second-order valence-electron chi connectivity index (χ2n) is 7.66. The molecular weight excluding hydrogens is 400 g/mol. The largest absolute Gasteiger partial charge is 0.493 e. The van der Waals surface area contributed by atoms with Crippen molar-refractivity contribution in [2.75, 3.05) is 34.4 Å². The van der Waals surface area contributed by atoms with Gasteiger partial charge in [-0.1, -0.05) is 23.7 Å². The van der Waals surface area contributed by atoms with Gasteiger partial charge in [-0.25, -0.2) is 4.98 Å². The topological polar surface area (TPSA) is 58.7 Å². The molecule has 1 aromatic heterocycles. The van der Waals surface area contributed by atoms with Crippen molar-refractivity contribution in [1.82, 2.24) is 20.7 Å². The molecule has 0 aliphatic carbocycles. The molecule has 1 fully saturated rings. The lowest BCUT2D eigenvalue weighted by Crippen LogP contribution is -2.38. The van der Waals surface area contributed by atoms with Crippen molar-refractivity contribution in [3.05, 3.63) is 53.1 Å². The zero-order chi connectivity index (χ0) is 21.1. The Morgan fingerprint density at radius 3 is 2.63 bits per heavy atom. The molecule has 0 spiro atoms. The molecule has 1 aliphatic rings. The number of nitrogens with zero attached hydrogens (tertiary/aromatic N) is 2. The van der Waals surface area contributed by atoms with Crippen LogP contribution in [0.25, 0.3) is 22.2 Å². The van der Waals surface area contributed by atoms with Crippen LogP contribution >= 0.6 is 11.6 Å². The predicted octanol–water partition coefficient (Wildman–Crippen LogP) is 3.87. The first kappa shape index (κ1) is 20.9. The Hall–Kier alpha value is -2.38. The van der Waals surface area contributed by atoms with Crippen LogP contribution in [0.1, 0.15) is 12.0 Å². The zero-order valence-electron chi connectivity index (χ0n) is 17.5. The quantitative estimate of drug-likeness (QED) is 0.598. The fourth-order valence-corrected chi connectivity index (χ4v) is 4.14. The number of hydrogen-bond acceptors (Lipinski definition) is 6. The van der Waals surface area contributed by atoms with E-state index in [0.717, 1.165) is 53.8 Å². The molecule has 0 saturated carbocycles. The summed E-state index contributed by atoms with van der Waals surface area (Å²) in [6.45, 7) is 2.73. The van der Waals surface area contributed by atoms with Crippen molar-refractivity contribution in [3.63, 3.8) is 0 Å². The summed E-state index contributed by atoms with van der Waals surface area (Å²) in [4.78, 5) is 7.33. The first-order valence-electron chi connectivity index (χ1n) is 10.1. The van der Waals surface area contributed by atoms with Crippen LogP contribution in [0.4, 0.5) is 0 Å². The van der Waals surface area contributed by atoms with Crippen molar-refractivity contribution in [1.29, 1.82) is 0 Å². The van der Waals surface area contributed by atoms with E-state index in [1.165, 1.54) is 0 Å². The number of pyridine rings is 1. The van der Waals surface area contributed by atoms with Gasteiger partial charge in [-0.05, 0) is 43.3 Å². The number of methoxy groups -OCH3 is 2. The van der Waals surface area contributed by atoms with Gasteiger partial charge in [-0.2, -0.15) is 0 Å². The van der Waals surface area contributed by atoms with E-state index >= 15 is 0 Å². The van der Waals surface area contributed by atoms with Gasteiger partial charge in [0.25, 0.3) is 0 Å². The number of likely N-dealkylation sites (N-methyl/N-ethyl adjacent to an activating group) is 1. The van der Waals surface area contributed by atoms with E-state index in [2.05, 4.69) is 28.9 Å². The summed E-state index contributed by atoms with van der Waals surface area (Å²) in [6, 6.07) is 14.4. The third-order valence-electron chi connectivity index (χ3n) is 5.39. The molecule has 2 aromatic carbocycles. The van der Waals surface area contributed by atoms with E-state index in [9.17, 15) is 0 Å². The van der Waals surface area contributed by atoms with Gasteiger partial charge in [0.15, 0.2) is 11.5 Å². The normalized spacial score (nSPS) is 16.4. The van der Waals surface area contributed by atoms with Gasteiger partial charge >= 0.3 is 0 Å². The van der Waals surface area contributed by atoms with Crippen LogP contribution in [0.15, 0.2) is 42.5 Å². The molecule has 0 bridgehead atoms. The molecule has 1 atom stereocenters. The second-order valence-corrected chi connectivity index (χ2v) is 8.10. The number of hydrazine groups is 1. The minimum atomic E-state index is 0.447. The molecule has 4 rings (SSSR count). The molecule has 1 aliphatic heterocycles. The van der Waals surface area contributed by atoms with Crippen LogP contribution in [0.3, 0.4) is 0 Å². The highest BCUT2D eigenvalue weighted by molar-refractivity contribution is 6.30. The fraction of sp³-hybridized carbons (Fsp3) is 0.348. The standard InChI is InChI=1S/C23H27ClN4O2/c1-28(14-19-7-8-25-27-19)13-17-9-16-11-21(29-2)22(30-3)12-20(16)26-23(17)15-5-4-6-18(24)10-15/h4-6,9-12,19,25,27H,7-8,13-14H2,1-3H3.